The van der Waals surface area contributed by atoms with Gasteiger partial charge in [0.1, 0.15) is 11.3 Å². The van der Waals surface area contributed by atoms with Gasteiger partial charge in [0.2, 0.25) is 6.29 Å². The number of rotatable bonds is 1. The van der Waals surface area contributed by atoms with Crippen molar-refractivity contribution in [3.05, 3.63) is 76.1 Å². The molecule has 0 saturated carbocycles. The van der Waals surface area contributed by atoms with Crippen LogP contribution in [-0.2, 0) is 4.74 Å². The van der Waals surface area contributed by atoms with Crippen molar-refractivity contribution in [2.24, 2.45) is 5.92 Å². The maximum Gasteiger partial charge on any atom is 0.343 e. The summed E-state index contributed by atoms with van der Waals surface area (Å²) in [5, 5.41) is 0.821. The van der Waals surface area contributed by atoms with Gasteiger partial charge in [-0.05, 0) is 24.1 Å². The van der Waals surface area contributed by atoms with Gasteiger partial charge < -0.3 is 13.9 Å². The minimum absolute atomic E-state index is 0.0664. The SMILES string of the molecule is O=c1oc2ccccc2c2c1[C@H](c1ccccc1)C1CCO[C@H]1O2. The topological polar surface area (TPSA) is 48.7 Å². The first-order chi connectivity index (χ1) is 11.8. The zero-order valence-electron chi connectivity index (χ0n) is 13.0. The quantitative estimate of drug-likeness (QED) is 0.642. The Bertz CT molecular complexity index is 960. The fraction of sp³-hybridized carbons (Fsp3) is 0.250. The Morgan fingerprint density at radius 3 is 2.62 bits per heavy atom. The van der Waals surface area contributed by atoms with E-state index >= 15 is 0 Å². The minimum atomic E-state index is -0.317. The van der Waals surface area contributed by atoms with Crippen LogP contribution in [0, 0.1) is 5.92 Å². The molecule has 0 radical (unpaired) electrons. The first-order valence-corrected chi connectivity index (χ1v) is 8.22. The van der Waals surface area contributed by atoms with Crippen molar-refractivity contribution in [1.82, 2.24) is 0 Å². The second-order valence-electron chi connectivity index (χ2n) is 6.33. The monoisotopic (exact) mass is 320 g/mol. The third kappa shape index (κ3) is 1.93. The molecular formula is C20H16O4. The summed E-state index contributed by atoms with van der Waals surface area (Å²) >= 11 is 0. The fourth-order valence-electron chi connectivity index (χ4n) is 3.96. The Kier molecular flexibility index (Phi) is 3.00. The largest absolute Gasteiger partial charge is 0.463 e. The lowest BCUT2D eigenvalue weighted by Gasteiger charge is -2.34. The summed E-state index contributed by atoms with van der Waals surface area (Å²) < 4.78 is 17.5. The Morgan fingerprint density at radius 2 is 1.75 bits per heavy atom. The van der Waals surface area contributed by atoms with Crippen molar-refractivity contribution in [1.29, 1.82) is 0 Å². The number of para-hydroxylation sites is 1. The van der Waals surface area contributed by atoms with Crippen molar-refractivity contribution < 1.29 is 13.9 Å². The Hall–Kier alpha value is -2.59. The molecule has 0 bridgehead atoms. The molecule has 2 aliphatic rings. The summed E-state index contributed by atoms with van der Waals surface area (Å²) in [6.45, 7) is 0.649. The zero-order chi connectivity index (χ0) is 16.1. The van der Waals surface area contributed by atoms with Crippen LogP contribution in [0.3, 0.4) is 0 Å². The van der Waals surface area contributed by atoms with E-state index < -0.39 is 0 Å². The standard InChI is InChI=1S/C20H16O4/c21-19-17-16(12-6-2-1-3-7-12)14-10-11-22-20(14)24-18(17)13-8-4-5-9-15(13)23-19/h1-9,14,16,20H,10-11H2/t14?,16-,20+/m1/s1. The van der Waals surface area contributed by atoms with Crippen LogP contribution in [0.15, 0.2) is 63.8 Å². The van der Waals surface area contributed by atoms with Crippen LogP contribution < -0.4 is 10.4 Å². The highest BCUT2D eigenvalue weighted by Gasteiger charge is 2.45. The number of ether oxygens (including phenoxy) is 2. The molecule has 4 heteroatoms. The van der Waals surface area contributed by atoms with Crippen molar-refractivity contribution in [3.8, 4) is 5.75 Å². The number of fused-ring (bicyclic) bond motifs is 4. The van der Waals surface area contributed by atoms with Gasteiger partial charge in [-0.2, -0.15) is 0 Å². The minimum Gasteiger partial charge on any atom is -0.463 e. The van der Waals surface area contributed by atoms with Crippen LogP contribution in [0.2, 0.25) is 0 Å². The molecule has 0 aliphatic carbocycles. The van der Waals surface area contributed by atoms with Gasteiger partial charge in [0, 0.05) is 11.8 Å². The van der Waals surface area contributed by atoms with Crippen molar-refractivity contribution in [3.63, 3.8) is 0 Å². The van der Waals surface area contributed by atoms with Crippen LogP contribution in [-0.4, -0.2) is 12.9 Å². The second-order valence-corrected chi connectivity index (χ2v) is 6.33. The van der Waals surface area contributed by atoms with Gasteiger partial charge in [-0.15, -0.1) is 0 Å². The predicted octanol–water partition coefficient (Wildman–Crippen LogP) is 3.68. The van der Waals surface area contributed by atoms with E-state index in [-0.39, 0.29) is 23.8 Å². The lowest BCUT2D eigenvalue weighted by Crippen LogP contribution is -2.36. The molecule has 2 aromatic carbocycles. The van der Waals surface area contributed by atoms with Crippen molar-refractivity contribution in [2.75, 3.05) is 6.61 Å². The summed E-state index contributed by atoms with van der Waals surface area (Å²) in [5.41, 5.74) is 1.95. The van der Waals surface area contributed by atoms with Gasteiger partial charge >= 0.3 is 5.63 Å². The number of benzene rings is 2. The summed E-state index contributed by atoms with van der Waals surface area (Å²) in [4.78, 5) is 12.8. The number of hydrogen-bond donors (Lipinski definition) is 0. The molecule has 120 valence electrons. The van der Waals surface area contributed by atoms with E-state index in [0.29, 0.717) is 23.5 Å². The molecule has 3 atom stereocenters. The van der Waals surface area contributed by atoms with E-state index in [9.17, 15) is 4.79 Å². The fourth-order valence-corrected chi connectivity index (χ4v) is 3.96. The zero-order valence-corrected chi connectivity index (χ0v) is 13.0. The molecule has 3 heterocycles. The summed E-state index contributed by atoms with van der Waals surface area (Å²) in [6, 6.07) is 17.6. The third-order valence-corrected chi connectivity index (χ3v) is 5.01. The van der Waals surface area contributed by atoms with E-state index in [1.54, 1.807) is 6.07 Å². The van der Waals surface area contributed by atoms with Crippen LogP contribution in [0.1, 0.15) is 23.5 Å². The number of hydrogen-bond acceptors (Lipinski definition) is 4. The van der Waals surface area contributed by atoms with Gasteiger partial charge in [0.25, 0.3) is 0 Å². The van der Waals surface area contributed by atoms with Gasteiger partial charge in [0.15, 0.2) is 0 Å². The highest BCUT2D eigenvalue weighted by molar-refractivity contribution is 5.85. The summed E-state index contributed by atoms with van der Waals surface area (Å²) in [7, 11) is 0. The van der Waals surface area contributed by atoms with E-state index in [4.69, 9.17) is 13.9 Å². The molecule has 4 nitrogen and oxygen atoms in total. The van der Waals surface area contributed by atoms with Crippen LogP contribution in [0.25, 0.3) is 11.0 Å². The highest BCUT2D eigenvalue weighted by atomic mass is 16.7. The van der Waals surface area contributed by atoms with Gasteiger partial charge in [0.05, 0.1) is 17.6 Å². The lowest BCUT2D eigenvalue weighted by molar-refractivity contribution is -0.0735. The molecule has 1 aromatic heterocycles. The molecule has 3 aromatic rings. The Balaban J connectivity index is 1.82. The summed E-state index contributed by atoms with van der Waals surface area (Å²) in [6.07, 6.45) is 0.559. The molecule has 1 fully saturated rings. The molecule has 0 amide bonds. The van der Waals surface area contributed by atoms with Crippen LogP contribution >= 0.6 is 0 Å². The van der Waals surface area contributed by atoms with Crippen LogP contribution in [0.5, 0.6) is 5.75 Å². The Labute approximate surface area is 138 Å². The van der Waals surface area contributed by atoms with Gasteiger partial charge in [-0.1, -0.05) is 42.5 Å². The maximum absolute atomic E-state index is 12.8. The van der Waals surface area contributed by atoms with E-state index in [2.05, 4.69) is 12.1 Å². The van der Waals surface area contributed by atoms with Crippen molar-refractivity contribution >= 4 is 11.0 Å². The molecule has 24 heavy (non-hydrogen) atoms. The summed E-state index contributed by atoms with van der Waals surface area (Å²) in [5.74, 6) is 0.672. The highest BCUT2D eigenvalue weighted by Crippen LogP contribution is 2.48. The van der Waals surface area contributed by atoms with E-state index in [0.717, 1.165) is 17.4 Å². The predicted molar refractivity (Wildman–Crippen MR) is 89.2 cm³/mol. The first-order valence-electron chi connectivity index (χ1n) is 8.22. The molecule has 1 saturated heterocycles. The van der Waals surface area contributed by atoms with Crippen LogP contribution in [0.4, 0.5) is 0 Å². The first kappa shape index (κ1) is 13.8. The smallest absolute Gasteiger partial charge is 0.343 e. The molecule has 1 unspecified atom stereocenters. The lowest BCUT2D eigenvalue weighted by atomic mass is 9.78. The molecule has 0 N–H and O–H groups in total. The van der Waals surface area contributed by atoms with E-state index in [1.807, 2.05) is 36.4 Å². The third-order valence-electron chi connectivity index (χ3n) is 5.01. The second kappa shape index (κ2) is 5.21. The molecule has 5 rings (SSSR count). The molecular weight excluding hydrogens is 304 g/mol. The average Bonchev–Trinajstić information content (AvgIpc) is 3.09. The van der Waals surface area contributed by atoms with Gasteiger partial charge in [-0.25, -0.2) is 4.79 Å². The molecule has 0 spiro atoms. The normalized spacial score (nSPS) is 25.1. The van der Waals surface area contributed by atoms with Crippen molar-refractivity contribution in [2.45, 2.75) is 18.6 Å². The Morgan fingerprint density at radius 1 is 0.958 bits per heavy atom. The van der Waals surface area contributed by atoms with E-state index in [1.165, 1.54) is 0 Å². The average molecular weight is 320 g/mol. The van der Waals surface area contributed by atoms with Gasteiger partial charge in [-0.3, -0.25) is 0 Å². The molecule has 2 aliphatic heterocycles. The maximum atomic E-state index is 12.8.